The van der Waals surface area contributed by atoms with E-state index in [1.807, 2.05) is 13.8 Å². The number of rotatable bonds is 7. The maximum Gasteiger partial charge on any atom is 0.325 e. The average Bonchev–Trinajstić information content (AvgIpc) is 2.42. The molecule has 0 bridgehead atoms. The van der Waals surface area contributed by atoms with E-state index in [4.69, 9.17) is 4.74 Å². The Hall–Kier alpha value is -0.650. The van der Waals surface area contributed by atoms with Crippen molar-refractivity contribution in [1.29, 1.82) is 0 Å². The van der Waals surface area contributed by atoms with E-state index in [0.29, 0.717) is 0 Å². The van der Waals surface area contributed by atoms with E-state index in [2.05, 4.69) is 36.0 Å². The van der Waals surface area contributed by atoms with Gasteiger partial charge in [0.1, 0.15) is 5.54 Å². The van der Waals surface area contributed by atoms with E-state index in [9.17, 15) is 4.79 Å². The summed E-state index contributed by atoms with van der Waals surface area (Å²) in [6.07, 6.45) is 1.80. The van der Waals surface area contributed by atoms with Crippen LogP contribution in [-0.4, -0.2) is 73.7 Å². The monoisotopic (exact) mass is 299 g/mol. The fraction of sp³-hybridized carbons (Fsp3) is 0.938. The average molecular weight is 299 g/mol. The minimum absolute atomic E-state index is 0.164. The number of nitrogens with zero attached hydrogens (tertiary/aromatic N) is 2. The zero-order valence-corrected chi connectivity index (χ0v) is 14.7. The van der Waals surface area contributed by atoms with Crippen LogP contribution in [0.1, 0.15) is 40.5 Å². The summed E-state index contributed by atoms with van der Waals surface area (Å²) in [4.78, 5) is 16.9. The van der Waals surface area contributed by atoms with Gasteiger partial charge >= 0.3 is 5.97 Å². The molecule has 1 aliphatic heterocycles. The number of piperazine rings is 1. The van der Waals surface area contributed by atoms with Gasteiger partial charge in [-0.2, -0.15) is 0 Å². The summed E-state index contributed by atoms with van der Waals surface area (Å²) in [7, 11) is 3.65. The summed E-state index contributed by atoms with van der Waals surface area (Å²) < 4.78 is 4.94. The standard InChI is InChI=1S/C16H33N3O2/c1-7-17-16(4,14(20)21-6)9-8-10-19-12-11-18(5)15(2,3)13-19/h17H,7-13H2,1-6H3. The molecule has 1 fully saturated rings. The van der Waals surface area contributed by atoms with Gasteiger partial charge in [0.25, 0.3) is 0 Å². The van der Waals surface area contributed by atoms with Crippen LogP contribution in [0.25, 0.3) is 0 Å². The lowest BCUT2D eigenvalue weighted by atomic mass is 9.94. The molecule has 1 atom stereocenters. The number of ether oxygens (including phenoxy) is 1. The number of methoxy groups -OCH3 is 1. The van der Waals surface area contributed by atoms with Crippen molar-refractivity contribution in [2.45, 2.75) is 51.6 Å². The Morgan fingerprint density at radius 2 is 2.05 bits per heavy atom. The first-order chi connectivity index (χ1) is 9.75. The maximum atomic E-state index is 11.9. The van der Waals surface area contributed by atoms with Gasteiger partial charge in [-0.1, -0.05) is 6.92 Å². The van der Waals surface area contributed by atoms with Crippen LogP contribution in [0.2, 0.25) is 0 Å². The fourth-order valence-corrected chi connectivity index (χ4v) is 3.07. The number of carbonyl (C=O) groups excluding carboxylic acids is 1. The first kappa shape index (κ1) is 18.4. The Balaban J connectivity index is 2.46. The minimum Gasteiger partial charge on any atom is -0.468 e. The summed E-state index contributed by atoms with van der Waals surface area (Å²) in [6, 6.07) is 0. The summed E-state index contributed by atoms with van der Waals surface area (Å²) in [5.74, 6) is -0.164. The van der Waals surface area contributed by atoms with E-state index in [-0.39, 0.29) is 11.5 Å². The third-order valence-electron chi connectivity index (χ3n) is 4.75. The van der Waals surface area contributed by atoms with Crippen LogP contribution in [0.3, 0.4) is 0 Å². The van der Waals surface area contributed by atoms with Gasteiger partial charge < -0.3 is 15.0 Å². The van der Waals surface area contributed by atoms with Crippen LogP contribution in [0.4, 0.5) is 0 Å². The highest BCUT2D eigenvalue weighted by Crippen LogP contribution is 2.20. The van der Waals surface area contributed by atoms with Gasteiger partial charge in [0.05, 0.1) is 7.11 Å². The molecule has 0 saturated carbocycles. The highest BCUT2D eigenvalue weighted by Gasteiger charge is 2.34. The Kier molecular flexibility index (Phi) is 6.63. The van der Waals surface area contributed by atoms with Crippen molar-refractivity contribution < 1.29 is 9.53 Å². The van der Waals surface area contributed by atoms with Gasteiger partial charge in [-0.25, -0.2) is 0 Å². The van der Waals surface area contributed by atoms with E-state index in [1.165, 1.54) is 7.11 Å². The molecule has 0 amide bonds. The molecule has 0 aromatic carbocycles. The van der Waals surface area contributed by atoms with Gasteiger partial charge in [0.2, 0.25) is 0 Å². The van der Waals surface area contributed by atoms with Gasteiger partial charge in [-0.3, -0.25) is 9.69 Å². The number of esters is 1. The molecule has 1 saturated heterocycles. The molecule has 1 aliphatic rings. The Labute approximate surface area is 130 Å². The molecular formula is C16H33N3O2. The summed E-state index contributed by atoms with van der Waals surface area (Å²) in [5, 5.41) is 3.27. The molecule has 1 unspecified atom stereocenters. The second-order valence-electron chi connectivity index (χ2n) is 6.97. The highest BCUT2D eigenvalue weighted by molar-refractivity contribution is 5.80. The fourth-order valence-electron chi connectivity index (χ4n) is 3.07. The molecule has 124 valence electrons. The zero-order valence-electron chi connectivity index (χ0n) is 14.7. The maximum absolute atomic E-state index is 11.9. The number of carbonyl (C=O) groups is 1. The molecule has 0 spiro atoms. The van der Waals surface area contributed by atoms with Gasteiger partial charge in [-0.05, 0) is 53.8 Å². The molecule has 0 aromatic rings. The van der Waals surface area contributed by atoms with Crippen molar-refractivity contribution in [3.8, 4) is 0 Å². The van der Waals surface area contributed by atoms with Crippen LogP contribution < -0.4 is 5.32 Å². The molecule has 5 nitrogen and oxygen atoms in total. The Morgan fingerprint density at radius 1 is 1.38 bits per heavy atom. The lowest BCUT2D eigenvalue weighted by molar-refractivity contribution is -0.148. The Bertz CT molecular complexity index is 346. The van der Waals surface area contributed by atoms with Crippen LogP contribution in [0, 0.1) is 0 Å². The summed E-state index contributed by atoms with van der Waals surface area (Å²) >= 11 is 0. The molecule has 0 radical (unpaired) electrons. The molecule has 1 heterocycles. The first-order valence-corrected chi connectivity index (χ1v) is 8.02. The predicted molar refractivity (Wildman–Crippen MR) is 86.5 cm³/mol. The van der Waals surface area contributed by atoms with E-state index in [1.54, 1.807) is 0 Å². The van der Waals surface area contributed by atoms with Gasteiger partial charge in [-0.15, -0.1) is 0 Å². The van der Waals surface area contributed by atoms with Crippen molar-refractivity contribution in [3.05, 3.63) is 0 Å². The van der Waals surface area contributed by atoms with Gasteiger partial charge in [0, 0.05) is 25.2 Å². The number of hydrogen-bond donors (Lipinski definition) is 1. The predicted octanol–water partition coefficient (Wildman–Crippen LogP) is 1.33. The van der Waals surface area contributed by atoms with Crippen molar-refractivity contribution >= 4 is 5.97 Å². The highest BCUT2D eigenvalue weighted by atomic mass is 16.5. The summed E-state index contributed by atoms with van der Waals surface area (Å²) in [5.41, 5.74) is -0.336. The molecular weight excluding hydrogens is 266 g/mol. The third kappa shape index (κ3) is 4.94. The van der Waals surface area contributed by atoms with Crippen molar-refractivity contribution in [1.82, 2.24) is 15.1 Å². The minimum atomic E-state index is -0.564. The van der Waals surface area contributed by atoms with Gasteiger partial charge in [0.15, 0.2) is 0 Å². The van der Waals surface area contributed by atoms with Crippen molar-refractivity contribution in [2.24, 2.45) is 0 Å². The number of hydrogen-bond acceptors (Lipinski definition) is 5. The lowest BCUT2D eigenvalue weighted by Gasteiger charge is -2.45. The molecule has 0 aromatic heterocycles. The quantitative estimate of drug-likeness (QED) is 0.719. The number of nitrogens with one attached hydrogen (secondary N) is 1. The molecule has 1 N–H and O–H groups in total. The SMILES string of the molecule is CCNC(C)(CCCN1CCN(C)C(C)(C)C1)C(=O)OC. The lowest BCUT2D eigenvalue weighted by Crippen LogP contribution is -2.57. The topological polar surface area (TPSA) is 44.8 Å². The molecule has 1 rings (SSSR count). The molecule has 21 heavy (non-hydrogen) atoms. The third-order valence-corrected chi connectivity index (χ3v) is 4.75. The first-order valence-electron chi connectivity index (χ1n) is 8.02. The van der Waals surface area contributed by atoms with Crippen LogP contribution in [0.5, 0.6) is 0 Å². The zero-order chi connectivity index (χ0) is 16.1. The van der Waals surface area contributed by atoms with Crippen LogP contribution >= 0.6 is 0 Å². The van der Waals surface area contributed by atoms with Crippen molar-refractivity contribution in [3.63, 3.8) is 0 Å². The normalized spacial score (nSPS) is 22.8. The smallest absolute Gasteiger partial charge is 0.325 e. The largest absolute Gasteiger partial charge is 0.468 e. The Morgan fingerprint density at radius 3 is 2.57 bits per heavy atom. The van der Waals surface area contributed by atoms with E-state index >= 15 is 0 Å². The van der Waals surface area contributed by atoms with Crippen molar-refractivity contribution in [2.75, 3.05) is 46.9 Å². The number of likely N-dealkylation sites (N-methyl/N-ethyl adjacent to an activating group) is 2. The van der Waals surface area contributed by atoms with Crippen LogP contribution in [0.15, 0.2) is 0 Å². The summed E-state index contributed by atoms with van der Waals surface area (Å²) in [6.45, 7) is 13.6. The molecule has 5 heteroatoms. The van der Waals surface area contributed by atoms with Crippen LogP contribution in [-0.2, 0) is 9.53 Å². The molecule has 0 aliphatic carbocycles. The second kappa shape index (κ2) is 7.56. The van der Waals surface area contributed by atoms with E-state index < -0.39 is 5.54 Å². The second-order valence-corrected chi connectivity index (χ2v) is 6.97. The van der Waals surface area contributed by atoms with E-state index in [0.717, 1.165) is 45.6 Å².